The summed E-state index contributed by atoms with van der Waals surface area (Å²) in [6.45, 7) is 2.17. The third kappa shape index (κ3) is 2.17. The van der Waals surface area contributed by atoms with Crippen molar-refractivity contribution >= 4 is 0 Å². The molecule has 92 valence electrons. The maximum Gasteiger partial charge on any atom is 0.135 e. The maximum absolute atomic E-state index is 6.13. The molecular formula is C16H17NO. The van der Waals surface area contributed by atoms with Gasteiger partial charge in [0.1, 0.15) is 12.3 Å². The first-order valence-electron chi connectivity index (χ1n) is 6.36. The highest BCUT2D eigenvalue weighted by Gasteiger charge is 2.32. The summed E-state index contributed by atoms with van der Waals surface area (Å²) >= 11 is 0. The van der Waals surface area contributed by atoms with E-state index in [4.69, 9.17) is 4.74 Å². The Morgan fingerprint density at radius 1 is 0.833 bits per heavy atom. The lowest BCUT2D eigenvalue weighted by atomic mass is 10.0. The summed E-state index contributed by atoms with van der Waals surface area (Å²) < 4.78 is 6.13. The van der Waals surface area contributed by atoms with Crippen LogP contribution >= 0.6 is 0 Å². The van der Waals surface area contributed by atoms with Gasteiger partial charge in [0, 0.05) is 6.04 Å². The Morgan fingerprint density at radius 2 is 1.39 bits per heavy atom. The lowest BCUT2D eigenvalue weighted by Crippen LogP contribution is -2.23. The standard InChI is InChI=1S/C16H17NO/c1-12-15(13-8-4-2-5-9-13)18-16(17-12)14-10-6-3-7-11-14/h2-12,15-17H,1H3. The highest BCUT2D eigenvalue weighted by Crippen LogP contribution is 2.34. The zero-order chi connectivity index (χ0) is 12.4. The second kappa shape index (κ2) is 4.92. The van der Waals surface area contributed by atoms with E-state index >= 15 is 0 Å². The average Bonchev–Trinajstić information content (AvgIpc) is 2.83. The summed E-state index contributed by atoms with van der Waals surface area (Å²) in [7, 11) is 0. The number of ether oxygens (including phenoxy) is 1. The Hall–Kier alpha value is -1.64. The molecule has 2 aromatic carbocycles. The van der Waals surface area contributed by atoms with Crippen LogP contribution in [-0.2, 0) is 4.74 Å². The quantitative estimate of drug-likeness (QED) is 0.866. The smallest absolute Gasteiger partial charge is 0.135 e. The van der Waals surface area contributed by atoms with E-state index in [1.54, 1.807) is 0 Å². The molecule has 0 spiro atoms. The molecule has 3 rings (SSSR count). The number of hydrogen-bond donors (Lipinski definition) is 1. The fourth-order valence-electron chi connectivity index (χ4n) is 2.44. The van der Waals surface area contributed by atoms with E-state index in [0.29, 0.717) is 6.04 Å². The minimum Gasteiger partial charge on any atom is -0.350 e. The van der Waals surface area contributed by atoms with E-state index in [2.05, 4.69) is 48.6 Å². The molecule has 2 nitrogen and oxygen atoms in total. The minimum atomic E-state index is -0.00796. The summed E-state index contributed by atoms with van der Waals surface area (Å²) in [4.78, 5) is 0. The predicted molar refractivity (Wildman–Crippen MR) is 72.0 cm³/mol. The van der Waals surface area contributed by atoms with Crippen molar-refractivity contribution in [1.82, 2.24) is 5.32 Å². The molecule has 1 N–H and O–H groups in total. The first kappa shape index (κ1) is 11.5. The monoisotopic (exact) mass is 239 g/mol. The molecule has 0 bridgehead atoms. The van der Waals surface area contributed by atoms with E-state index < -0.39 is 0 Å². The average molecular weight is 239 g/mol. The molecule has 1 aliphatic heterocycles. The van der Waals surface area contributed by atoms with Crippen LogP contribution in [0.3, 0.4) is 0 Å². The van der Waals surface area contributed by atoms with Crippen molar-refractivity contribution in [1.29, 1.82) is 0 Å². The van der Waals surface area contributed by atoms with Crippen LogP contribution in [-0.4, -0.2) is 6.04 Å². The molecule has 0 amide bonds. The van der Waals surface area contributed by atoms with Crippen molar-refractivity contribution in [3.63, 3.8) is 0 Å². The number of hydrogen-bond acceptors (Lipinski definition) is 2. The number of benzene rings is 2. The van der Waals surface area contributed by atoms with Crippen molar-refractivity contribution < 1.29 is 4.74 Å². The summed E-state index contributed by atoms with van der Waals surface area (Å²) in [5, 5.41) is 3.50. The second-order valence-electron chi connectivity index (χ2n) is 4.71. The van der Waals surface area contributed by atoms with Crippen LogP contribution in [0.15, 0.2) is 60.7 Å². The molecule has 1 heterocycles. The van der Waals surface area contributed by atoms with Crippen LogP contribution in [0.25, 0.3) is 0 Å². The fraction of sp³-hybridized carbons (Fsp3) is 0.250. The van der Waals surface area contributed by atoms with E-state index in [0.717, 1.165) is 0 Å². The van der Waals surface area contributed by atoms with Gasteiger partial charge in [-0.25, -0.2) is 0 Å². The minimum absolute atomic E-state index is 0.00796. The van der Waals surface area contributed by atoms with Gasteiger partial charge in [0.2, 0.25) is 0 Å². The van der Waals surface area contributed by atoms with Crippen LogP contribution < -0.4 is 5.32 Å². The van der Waals surface area contributed by atoms with E-state index in [-0.39, 0.29) is 12.3 Å². The van der Waals surface area contributed by atoms with Crippen molar-refractivity contribution in [2.45, 2.75) is 25.3 Å². The van der Waals surface area contributed by atoms with Gasteiger partial charge in [-0.05, 0) is 18.1 Å². The van der Waals surface area contributed by atoms with Crippen molar-refractivity contribution in [3.05, 3.63) is 71.8 Å². The molecule has 0 aliphatic carbocycles. The molecule has 0 saturated carbocycles. The highest BCUT2D eigenvalue weighted by atomic mass is 16.5. The summed E-state index contributed by atoms with van der Waals surface area (Å²) in [5.41, 5.74) is 2.42. The third-order valence-corrected chi connectivity index (χ3v) is 3.38. The van der Waals surface area contributed by atoms with Crippen LogP contribution in [0.1, 0.15) is 30.4 Å². The van der Waals surface area contributed by atoms with Gasteiger partial charge in [-0.3, -0.25) is 5.32 Å². The van der Waals surface area contributed by atoms with Gasteiger partial charge in [0.05, 0.1) is 0 Å². The molecule has 18 heavy (non-hydrogen) atoms. The van der Waals surface area contributed by atoms with Gasteiger partial charge in [0.15, 0.2) is 0 Å². The molecule has 2 heteroatoms. The zero-order valence-corrected chi connectivity index (χ0v) is 10.4. The third-order valence-electron chi connectivity index (χ3n) is 3.38. The summed E-state index contributed by atoms with van der Waals surface area (Å²) in [6, 6.07) is 21.0. The molecular weight excluding hydrogens is 222 g/mol. The van der Waals surface area contributed by atoms with Crippen molar-refractivity contribution in [2.75, 3.05) is 0 Å². The topological polar surface area (TPSA) is 21.3 Å². The summed E-state index contributed by atoms with van der Waals surface area (Å²) in [5.74, 6) is 0. The van der Waals surface area contributed by atoms with E-state index in [1.807, 2.05) is 24.3 Å². The molecule has 0 aromatic heterocycles. The Labute approximate surface area is 108 Å². The first-order valence-corrected chi connectivity index (χ1v) is 6.36. The Bertz CT molecular complexity index is 497. The summed E-state index contributed by atoms with van der Waals surface area (Å²) in [6.07, 6.45) is 0.114. The molecule has 0 radical (unpaired) electrons. The number of nitrogens with one attached hydrogen (secondary N) is 1. The molecule has 3 atom stereocenters. The van der Waals surface area contributed by atoms with Crippen LogP contribution in [0, 0.1) is 0 Å². The number of rotatable bonds is 2. The zero-order valence-electron chi connectivity index (χ0n) is 10.4. The fourth-order valence-corrected chi connectivity index (χ4v) is 2.44. The first-order chi connectivity index (χ1) is 8.84. The lowest BCUT2D eigenvalue weighted by molar-refractivity contribution is 0.0363. The Balaban J connectivity index is 1.81. The normalized spacial score (nSPS) is 27.3. The van der Waals surface area contributed by atoms with Gasteiger partial charge in [-0.2, -0.15) is 0 Å². The van der Waals surface area contributed by atoms with Crippen LogP contribution in [0.2, 0.25) is 0 Å². The van der Waals surface area contributed by atoms with Crippen LogP contribution in [0.4, 0.5) is 0 Å². The second-order valence-corrected chi connectivity index (χ2v) is 4.71. The van der Waals surface area contributed by atoms with Gasteiger partial charge in [-0.15, -0.1) is 0 Å². The van der Waals surface area contributed by atoms with Gasteiger partial charge in [-0.1, -0.05) is 60.7 Å². The Kier molecular flexibility index (Phi) is 3.13. The largest absolute Gasteiger partial charge is 0.350 e. The SMILES string of the molecule is CC1NC(c2ccccc2)OC1c1ccccc1. The molecule has 1 fully saturated rings. The molecule has 1 saturated heterocycles. The van der Waals surface area contributed by atoms with E-state index in [9.17, 15) is 0 Å². The molecule has 3 unspecified atom stereocenters. The van der Waals surface area contributed by atoms with Gasteiger partial charge < -0.3 is 4.74 Å². The highest BCUT2D eigenvalue weighted by molar-refractivity contribution is 5.23. The van der Waals surface area contributed by atoms with E-state index in [1.165, 1.54) is 11.1 Å². The predicted octanol–water partition coefficient (Wildman–Crippen LogP) is 3.43. The van der Waals surface area contributed by atoms with Gasteiger partial charge >= 0.3 is 0 Å². The van der Waals surface area contributed by atoms with Gasteiger partial charge in [0.25, 0.3) is 0 Å². The van der Waals surface area contributed by atoms with Crippen LogP contribution in [0.5, 0.6) is 0 Å². The molecule has 2 aromatic rings. The van der Waals surface area contributed by atoms with Crippen molar-refractivity contribution in [2.24, 2.45) is 0 Å². The van der Waals surface area contributed by atoms with Crippen molar-refractivity contribution in [3.8, 4) is 0 Å². The molecule has 1 aliphatic rings. The Morgan fingerprint density at radius 3 is 2.00 bits per heavy atom. The maximum atomic E-state index is 6.13. The lowest BCUT2D eigenvalue weighted by Gasteiger charge is -2.14.